The van der Waals surface area contributed by atoms with Crippen molar-refractivity contribution in [3.63, 3.8) is 0 Å². The lowest BCUT2D eigenvalue weighted by Gasteiger charge is -2.68. The van der Waals surface area contributed by atoms with Crippen LogP contribution in [0.4, 0.5) is 0 Å². The van der Waals surface area contributed by atoms with Crippen molar-refractivity contribution in [1.29, 1.82) is 0 Å². The fourth-order valence-corrected chi connectivity index (χ4v) is 10.8. The Labute approximate surface area is 292 Å². The molecule has 2 aromatic rings. The van der Waals surface area contributed by atoms with Gasteiger partial charge in [-0.3, -0.25) is 4.79 Å². The maximum atomic E-state index is 12.8. The Balaban J connectivity index is 1.10. The van der Waals surface area contributed by atoms with Gasteiger partial charge in [0, 0.05) is 35.8 Å². The molecule has 1 amide bonds. The molecule has 3 heterocycles. The minimum absolute atomic E-state index is 0.0850. The van der Waals surface area contributed by atoms with Crippen LogP contribution < -0.4 is 4.74 Å². The van der Waals surface area contributed by atoms with E-state index >= 15 is 0 Å². The van der Waals surface area contributed by atoms with Crippen molar-refractivity contribution in [1.82, 2.24) is 4.90 Å². The van der Waals surface area contributed by atoms with E-state index in [1.165, 1.54) is 24.5 Å². The predicted molar refractivity (Wildman–Crippen MR) is 182 cm³/mol. The summed E-state index contributed by atoms with van der Waals surface area (Å²) in [5, 5.41) is 10.1. The van der Waals surface area contributed by atoms with Crippen LogP contribution in [0.1, 0.15) is 80.2 Å². The summed E-state index contributed by atoms with van der Waals surface area (Å²) in [6.45, 7) is 6.18. The highest BCUT2D eigenvalue weighted by Gasteiger charge is 2.77. The lowest BCUT2D eigenvalue weighted by molar-refractivity contribution is -0.645. The molecule has 7 aliphatic rings. The highest BCUT2D eigenvalue weighted by Crippen LogP contribution is 2.69. The van der Waals surface area contributed by atoms with Crippen LogP contribution in [0.3, 0.4) is 0 Å². The van der Waals surface area contributed by atoms with Crippen LogP contribution in [0.25, 0.3) is 11.6 Å². The first-order chi connectivity index (χ1) is 24.1. The minimum atomic E-state index is -1.09. The molecule has 0 radical (unpaired) electrons. The van der Waals surface area contributed by atoms with E-state index in [-0.39, 0.29) is 36.1 Å². The normalized spacial score (nSPS) is 35.0. The third-order valence-electron chi connectivity index (χ3n) is 12.9. The fourth-order valence-electron chi connectivity index (χ4n) is 10.8. The first kappa shape index (κ1) is 33.2. The van der Waals surface area contributed by atoms with Crippen LogP contribution in [0, 0.1) is 42.4 Å². The topological polar surface area (TPSA) is 121 Å². The summed E-state index contributed by atoms with van der Waals surface area (Å²) in [5.74, 6) is -0.218. The molecule has 6 fully saturated rings. The van der Waals surface area contributed by atoms with E-state index in [2.05, 4.69) is 0 Å². The van der Waals surface area contributed by atoms with Crippen molar-refractivity contribution in [2.75, 3.05) is 14.2 Å². The van der Waals surface area contributed by atoms with E-state index in [1.807, 2.05) is 57.2 Å². The van der Waals surface area contributed by atoms with E-state index in [0.29, 0.717) is 35.1 Å². The molecule has 9 rings (SSSR count). The van der Waals surface area contributed by atoms with Crippen LogP contribution in [0.5, 0.6) is 5.75 Å². The molecule has 50 heavy (non-hydrogen) atoms. The summed E-state index contributed by atoms with van der Waals surface area (Å²) in [6, 6.07) is 11.5. The standard InChI is InChI=1S/C40H45NO9/c1-6-30-34-22(3)33(35(38(44)45)41(34)37(30)43)26-9-7-23(8-10-26)20-48-36-21(2)31(13-11-27(36)12-14-32(42)46-4)40(47-5)39(49-50-40)28-16-24-15-25(18-28)19-29(39)17-24/h7-14,22,24-25,28-30,34H,6,15-20H2,1-5H3,(H,44,45)/b14-12+/t22-,24?,25?,28?,29?,30?,34+,39?,40?/m0/s1. The summed E-state index contributed by atoms with van der Waals surface area (Å²) in [6.07, 6.45) is 9.56. The van der Waals surface area contributed by atoms with E-state index in [1.54, 1.807) is 13.2 Å². The molecular weight excluding hydrogens is 638 g/mol. The fraction of sp³-hybridized carbons (Fsp3) is 0.525. The first-order valence-corrected chi connectivity index (χ1v) is 17.9. The van der Waals surface area contributed by atoms with Gasteiger partial charge in [0.1, 0.15) is 18.1 Å². The Morgan fingerprint density at radius 2 is 1.68 bits per heavy atom. The number of hydrogen-bond acceptors (Lipinski definition) is 8. The van der Waals surface area contributed by atoms with Gasteiger partial charge in [0.15, 0.2) is 5.60 Å². The average molecular weight is 684 g/mol. The maximum absolute atomic E-state index is 12.8. The zero-order valence-electron chi connectivity index (χ0n) is 29.3. The molecule has 10 nitrogen and oxygen atoms in total. The van der Waals surface area contributed by atoms with Gasteiger partial charge in [0.05, 0.1) is 19.1 Å². The van der Waals surface area contributed by atoms with Gasteiger partial charge < -0.3 is 24.2 Å². The Morgan fingerprint density at radius 3 is 2.24 bits per heavy atom. The Morgan fingerprint density at radius 1 is 1.00 bits per heavy atom. The largest absolute Gasteiger partial charge is 0.488 e. The zero-order valence-corrected chi connectivity index (χ0v) is 29.3. The molecule has 0 aromatic heterocycles. The summed E-state index contributed by atoms with van der Waals surface area (Å²) < 4.78 is 17.8. The Hall–Kier alpha value is -3.99. The third kappa shape index (κ3) is 4.53. The number of benzene rings is 2. The highest BCUT2D eigenvalue weighted by molar-refractivity contribution is 6.06. The van der Waals surface area contributed by atoms with Crippen LogP contribution >= 0.6 is 0 Å². The summed E-state index contributed by atoms with van der Waals surface area (Å²) >= 11 is 0. The van der Waals surface area contributed by atoms with Crippen molar-refractivity contribution in [3.8, 4) is 5.75 Å². The van der Waals surface area contributed by atoms with Crippen LogP contribution in [0.2, 0.25) is 0 Å². The number of methoxy groups -OCH3 is 2. The molecule has 4 bridgehead atoms. The second kappa shape index (κ2) is 12.1. The molecule has 4 aliphatic carbocycles. The van der Waals surface area contributed by atoms with Crippen molar-refractivity contribution in [2.24, 2.45) is 35.5 Å². The predicted octanol–water partition coefficient (Wildman–Crippen LogP) is 6.40. The zero-order chi connectivity index (χ0) is 35.1. The summed E-state index contributed by atoms with van der Waals surface area (Å²) in [5.41, 5.74) is 4.25. The quantitative estimate of drug-likeness (QED) is 0.131. The molecule has 10 heteroatoms. The number of carboxylic acid groups (broad SMARTS) is 1. The van der Waals surface area contributed by atoms with Crippen molar-refractivity contribution in [2.45, 2.75) is 83.3 Å². The number of carbonyl (C=O) groups is 3. The molecule has 2 saturated heterocycles. The molecule has 4 saturated carbocycles. The number of nitrogens with zero attached hydrogens (tertiary/aromatic N) is 1. The smallest absolute Gasteiger partial charge is 0.352 e. The Bertz CT molecular complexity index is 1780. The number of β-lactam (4-membered cyclic amide) rings is 1. The molecule has 1 spiro atoms. The van der Waals surface area contributed by atoms with E-state index in [0.717, 1.165) is 59.8 Å². The van der Waals surface area contributed by atoms with Gasteiger partial charge in [0.2, 0.25) is 5.91 Å². The van der Waals surface area contributed by atoms with Gasteiger partial charge in [-0.05, 0) is 91.9 Å². The van der Waals surface area contributed by atoms with Gasteiger partial charge in [-0.1, -0.05) is 50.2 Å². The monoisotopic (exact) mass is 683 g/mol. The lowest BCUT2D eigenvalue weighted by atomic mass is 9.47. The van der Waals surface area contributed by atoms with Crippen LogP contribution in [-0.4, -0.2) is 53.7 Å². The SMILES string of the molecule is CCC1C(=O)N2C(C(=O)O)=C(c3ccc(COc4c(/C=C/C(=O)OC)ccc(C5(OC)OOC56C5CC7CC(C5)CC6C7)c4C)cc3)[C@H](C)[C@H]12. The number of fused-ring (bicyclic) bond motifs is 1. The number of carboxylic acids is 1. The van der Waals surface area contributed by atoms with E-state index in [4.69, 9.17) is 24.0 Å². The van der Waals surface area contributed by atoms with Gasteiger partial charge in [-0.15, -0.1) is 0 Å². The van der Waals surface area contributed by atoms with Gasteiger partial charge in [0.25, 0.3) is 5.79 Å². The minimum Gasteiger partial charge on any atom is -0.488 e. The average Bonchev–Trinajstić information content (AvgIpc) is 3.36. The Kier molecular flexibility index (Phi) is 8.00. The number of rotatable bonds is 10. The van der Waals surface area contributed by atoms with Crippen LogP contribution in [0.15, 0.2) is 48.2 Å². The van der Waals surface area contributed by atoms with Gasteiger partial charge in [-0.2, -0.15) is 4.89 Å². The molecule has 4 atom stereocenters. The lowest BCUT2D eigenvalue weighted by Crippen LogP contribution is -2.76. The number of amides is 1. The van der Waals surface area contributed by atoms with Crippen molar-refractivity contribution in [3.05, 3.63) is 76.0 Å². The number of esters is 1. The molecule has 3 aliphatic heterocycles. The summed E-state index contributed by atoms with van der Waals surface area (Å²) in [7, 11) is 3.03. The highest BCUT2D eigenvalue weighted by atomic mass is 17.3. The third-order valence-corrected chi connectivity index (χ3v) is 12.9. The van der Waals surface area contributed by atoms with Crippen molar-refractivity contribution >= 4 is 29.5 Å². The van der Waals surface area contributed by atoms with E-state index in [9.17, 15) is 19.5 Å². The van der Waals surface area contributed by atoms with Gasteiger partial charge in [-0.25, -0.2) is 14.5 Å². The second-order valence-corrected chi connectivity index (χ2v) is 15.2. The van der Waals surface area contributed by atoms with E-state index < -0.39 is 23.3 Å². The van der Waals surface area contributed by atoms with Gasteiger partial charge >= 0.3 is 11.9 Å². The number of hydrogen-bond donors (Lipinski definition) is 1. The first-order valence-electron chi connectivity index (χ1n) is 17.9. The number of ether oxygens (including phenoxy) is 3. The summed E-state index contributed by atoms with van der Waals surface area (Å²) in [4.78, 5) is 51.0. The van der Waals surface area contributed by atoms with Crippen molar-refractivity contribution < 1.29 is 43.5 Å². The number of aliphatic carboxylic acids is 1. The molecular formula is C40H45NO9. The molecule has 264 valence electrons. The molecule has 2 unspecified atom stereocenters. The molecule has 2 aromatic carbocycles. The molecule has 1 N–H and O–H groups in total. The number of carbonyl (C=O) groups excluding carboxylic acids is 2. The second-order valence-electron chi connectivity index (χ2n) is 15.2. The maximum Gasteiger partial charge on any atom is 0.352 e. The van der Waals surface area contributed by atoms with Crippen LogP contribution in [-0.2, 0) is 46.0 Å².